The van der Waals surface area contributed by atoms with E-state index in [-0.39, 0.29) is 5.91 Å². The van der Waals surface area contributed by atoms with Crippen LogP contribution in [0.25, 0.3) is 11.0 Å². The molecule has 6 nitrogen and oxygen atoms in total. The molecule has 7 heteroatoms. The first kappa shape index (κ1) is 12.7. The third-order valence-corrected chi connectivity index (χ3v) is 3.67. The molecule has 0 unspecified atom stereocenters. The second-order valence-corrected chi connectivity index (χ2v) is 5.23. The molecule has 0 aliphatic heterocycles. The van der Waals surface area contributed by atoms with Gasteiger partial charge in [-0.2, -0.15) is 0 Å². The van der Waals surface area contributed by atoms with E-state index >= 15 is 0 Å². The number of fused-ring (bicyclic) bond motifs is 1. The fraction of sp³-hybridized carbons (Fsp3) is 0.231. The predicted molar refractivity (Wildman–Crippen MR) is 76.1 cm³/mol. The maximum absolute atomic E-state index is 11.8. The number of aromatic nitrogens is 4. The van der Waals surface area contributed by atoms with Crippen molar-refractivity contribution in [2.24, 2.45) is 0 Å². The maximum Gasteiger partial charge on any atom is 0.222 e. The number of carbonyl (C=O) groups excluding carboxylic acids is 1. The maximum atomic E-state index is 11.8. The Bertz CT molecular complexity index is 706. The Kier molecular flexibility index (Phi) is 3.69. The molecule has 0 aliphatic rings. The smallest absolute Gasteiger partial charge is 0.222 e. The molecule has 1 N–H and O–H groups in total. The molecule has 3 aromatic rings. The van der Waals surface area contributed by atoms with Crippen molar-refractivity contribution < 1.29 is 4.79 Å². The summed E-state index contributed by atoms with van der Waals surface area (Å²) in [5.74, 6) is -0.0141. The van der Waals surface area contributed by atoms with Crippen molar-refractivity contribution >= 4 is 28.3 Å². The minimum absolute atomic E-state index is 0.0141. The zero-order chi connectivity index (χ0) is 13.8. The van der Waals surface area contributed by atoms with Crippen LogP contribution in [0, 0.1) is 0 Å². The molecule has 1 aromatic carbocycles. The average Bonchev–Trinajstić information content (AvgIpc) is 3.12. The second kappa shape index (κ2) is 5.79. The summed E-state index contributed by atoms with van der Waals surface area (Å²) in [7, 11) is 0. The van der Waals surface area contributed by atoms with Gasteiger partial charge in [-0.1, -0.05) is 17.3 Å². The van der Waals surface area contributed by atoms with Gasteiger partial charge in [-0.15, -0.1) is 16.4 Å². The molecular weight excluding hydrogens is 274 g/mol. The van der Waals surface area contributed by atoms with Gasteiger partial charge < -0.3 is 5.32 Å². The van der Waals surface area contributed by atoms with Gasteiger partial charge in [0.1, 0.15) is 10.5 Å². The molecule has 0 radical (unpaired) electrons. The number of rotatable bonds is 5. The molecule has 1 amide bonds. The summed E-state index contributed by atoms with van der Waals surface area (Å²) in [6.07, 6.45) is 2.10. The molecule has 0 bridgehead atoms. The molecule has 0 fully saturated rings. The number of hydrogen-bond donors (Lipinski definition) is 1. The van der Waals surface area contributed by atoms with Crippen LogP contribution in [-0.4, -0.2) is 25.9 Å². The van der Waals surface area contributed by atoms with Crippen molar-refractivity contribution in [3.8, 4) is 0 Å². The zero-order valence-corrected chi connectivity index (χ0v) is 11.5. The summed E-state index contributed by atoms with van der Waals surface area (Å²) in [4.78, 5) is 15.9. The summed E-state index contributed by atoms with van der Waals surface area (Å²) in [6, 6.07) is 7.71. The van der Waals surface area contributed by atoms with E-state index in [2.05, 4.69) is 20.6 Å². The SMILES string of the molecule is O=C(CCn1nnc2ccccc21)NCc1nccs1. The summed E-state index contributed by atoms with van der Waals surface area (Å²) in [5.41, 5.74) is 1.79. The van der Waals surface area contributed by atoms with Gasteiger partial charge in [0.25, 0.3) is 0 Å². The summed E-state index contributed by atoms with van der Waals surface area (Å²) < 4.78 is 1.75. The largest absolute Gasteiger partial charge is 0.350 e. The molecule has 0 saturated heterocycles. The molecule has 102 valence electrons. The van der Waals surface area contributed by atoms with E-state index in [1.807, 2.05) is 29.6 Å². The molecule has 0 saturated carbocycles. The van der Waals surface area contributed by atoms with E-state index in [0.29, 0.717) is 19.5 Å². The Balaban J connectivity index is 1.55. The highest BCUT2D eigenvalue weighted by Gasteiger charge is 2.07. The Morgan fingerprint density at radius 2 is 2.25 bits per heavy atom. The van der Waals surface area contributed by atoms with Gasteiger partial charge in [-0.25, -0.2) is 9.67 Å². The average molecular weight is 287 g/mol. The number of nitrogens with one attached hydrogen (secondary N) is 1. The lowest BCUT2D eigenvalue weighted by Gasteiger charge is -2.04. The lowest BCUT2D eigenvalue weighted by atomic mass is 10.3. The van der Waals surface area contributed by atoms with Crippen molar-refractivity contribution in [2.45, 2.75) is 19.5 Å². The van der Waals surface area contributed by atoms with Gasteiger partial charge in [0.2, 0.25) is 5.91 Å². The number of amides is 1. The molecule has 0 spiro atoms. The second-order valence-electron chi connectivity index (χ2n) is 4.25. The fourth-order valence-electron chi connectivity index (χ4n) is 1.89. The van der Waals surface area contributed by atoms with Gasteiger partial charge >= 0.3 is 0 Å². The van der Waals surface area contributed by atoms with Gasteiger partial charge in [0.05, 0.1) is 18.6 Å². The monoisotopic (exact) mass is 287 g/mol. The molecule has 20 heavy (non-hydrogen) atoms. The summed E-state index contributed by atoms with van der Waals surface area (Å²) in [5, 5.41) is 13.8. The number of para-hydroxylation sites is 1. The molecule has 2 heterocycles. The predicted octanol–water partition coefficient (Wildman–Crippen LogP) is 1.59. The highest BCUT2D eigenvalue weighted by molar-refractivity contribution is 7.09. The van der Waals surface area contributed by atoms with E-state index < -0.39 is 0 Å². The summed E-state index contributed by atoms with van der Waals surface area (Å²) in [6.45, 7) is 0.999. The first-order chi connectivity index (χ1) is 9.83. The first-order valence-electron chi connectivity index (χ1n) is 6.26. The Morgan fingerprint density at radius 1 is 1.35 bits per heavy atom. The van der Waals surface area contributed by atoms with Crippen LogP contribution in [0.2, 0.25) is 0 Å². The van der Waals surface area contributed by atoms with Crippen molar-refractivity contribution in [1.82, 2.24) is 25.3 Å². The van der Waals surface area contributed by atoms with Crippen LogP contribution in [-0.2, 0) is 17.9 Å². The van der Waals surface area contributed by atoms with E-state index in [1.165, 1.54) is 11.3 Å². The molecule has 0 aliphatic carbocycles. The standard InChI is InChI=1S/C13H13N5OS/c19-12(15-9-13-14-6-8-20-13)5-7-18-11-4-2-1-3-10(11)16-17-18/h1-4,6,8H,5,7,9H2,(H,15,19). The molecule has 0 atom stereocenters. The van der Waals surface area contributed by atoms with Crippen LogP contribution in [0.3, 0.4) is 0 Å². The number of benzene rings is 1. The minimum Gasteiger partial charge on any atom is -0.350 e. The minimum atomic E-state index is -0.0141. The van der Waals surface area contributed by atoms with Crippen molar-refractivity contribution in [2.75, 3.05) is 0 Å². The highest BCUT2D eigenvalue weighted by atomic mass is 32.1. The highest BCUT2D eigenvalue weighted by Crippen LogP contribution is 2.10. The van der Waals surface area contributed by atoms with Crippen molar-refractivity contribution in [1.29, 1.82) is 0 Å². The Hall–Kier alpha value is -2.28. The molecule has 2 aromatic heterocycles. The molecular formula is C13H13N5OS. The number of nitrogens with zero attached hydrogens (tertiary/aromatic N) is 4. The Morgan fingerprint density at radius 3 is 3.10 bits per heavy atom. The van der Waals surface area contributed by atoms with E-state index in [0.717, 1.165) is 16.0 Å². The number of hydrogen-bond acceptors (Lipinski definition) is 5. The normalized spacial score (nSPS) is 10.8. The van der Waals surface area contributed by atoms with Crippen LogP contribution in [0.5, 0.6) is 0 Å². The van der Waals surface area contributed by atoms with Crippen molar-refractivity contribution in [3.63, 3.8) is 0 Å². The van der Waals surface area contributed by atoms with Gasteiger partial charge in [-0.3, -0.25) is 4.79 Å². The summed E-state index contributed by atoms with van der Waals surface area (Å²) >= 11 is 1.53. The molecule has 3 rings (SSSR count). The topological polar surface area (TPSA) is 72.7 Å². The van der Waals surface area contributed by atoms with Crippen LogP contribution in [0.15, 0.2) is 35.8 Å². The number of thiazole rings is 1. The van der Waals surface area contributed by atoms with Crippen molar-refractivity contribution in [3.05, 3.63) is 40.8 Å². The van der Waals surface area contributed by atoms with Crippen LogP contribution >= 0.6 is 11.3 Å². The number of aryl methyl sites for hydroxylation is 1. The lowest BCUT2D eigenvalue weighted by Crippen LogP contribution is -2.24. The quantitative estimate of drug-likeness (QED) is 0.773. The lowest BCUT2D eigenvalue weighted by molar-refractivity contribution is -0.121. The number of carbonyl (C=O) groups is 1. The fourth-order valence-corrected chi connectivity index (χ4v) is 2.45. The van der Waals surface area contributed by atoms with E-state index in [9.17, 15) is 4.79 Å². The Labute approximate surface area is 119 Å². The third-order valence-electron chi connectivity index (χ3n) is 2.89. The van der Waals surface area contributed by atoms with Crippen LogP contribution < -0.4 is 5.32 Å². The zero-order valence-electron chi connectivity index (χ0n) is 10.7. The van der Waals surface area contributed by atoms with E-state index in [1.54, 1.807) is 10.9 Å². The van der Waals surface area contributed by atoms with Gasteiger partial charge in [0.15, 0.2) is 0 Å². The van der Waals surface area contributed by atoms with Crippen LogP contribution in [0.4, 0.5) is 0 Å². The third kappa shape index (κ3) is 2.83. The van der Waals surface area contributed by atoms with Gasteiger partial charge in [-0.05, 0) is 12.1 Å². The van der Waals surface area contributed by atoms with Gasteiger partial charge in [0, 0.05) is 18.0 Å². The van der Waals surface area contributed by atoms with Crippen LogP contribution in [0.1, 0.15) is 11.4 Å². The van der Waals surface area contributed by atoms with E-state index in [4.69, 9.17) is 0 Å². The first-order valence-corrected chi connectivity index (χ1v) is 7.14.